The largest absolute Gasteiger partial charge is 0.497 e. The molecule has 0 heterocycles. The molecule has 106 valence electrons. The van der Waals surface area contributed by atoms with Crippen LogP contribution in [0.1, 0.15) is 24.8 Å². The van der Waals surface area contributed by atoms with Gasteiger partial charge in [0.15, 0.2) is 0 Å². The minimum absolute atomic E-state index is 0.173. The molecule has 0 amide bonds. The van der Waals surface area contributed by atoms with Crippen LogP contribution in [0, 0.1) is 21.4 Å². The molecule has 7 nitrogen and oxygen atoms in total. The smallest absolute Gasteiger partial charge is 0.307 e. The zero-order valence-electron chi connectivity index (χ0n) is 11.2. The van der Waals surface area contributed by atoms with Crippen molar-refractivity contribution in [2.45, 2.75) is 19.3 Å². The summed E-state index contributed by atoms with van der Waals surface area (Å²) in [6.07, 6.45) is -0.225. The highest BCUT2D eigenvalue weighted by atomic mass is 16.6. The van der Waals surface area contributed by atoms with Crippen LogP contribution in [-0.4, -0.2) is 24.6 Å². The number of carbonyl (C=O) groups excluding carboxylic acids is 1. The number of benzene rings is 1. The van der Waals surface area contributed by atoms with Crippen molar-refractivity contribution in [2.24, 2.45) is 0 Å². The van der Waals surface area contributed by atoms with Crippen LogP contribution in [0.5, 0.6) is 5.75 Å². The van der Waals surface area contributed by atoms with Crippen molar-refractivity contribution >= 4 is 11.7 Å². The lowest BCUT2D eigenvalue weighted by Crippen LogP contribution is -2.10. The summed E-state index contributed by atoms with van der Waals surface area (Å²) in [6, 6.07) is 6.05. The fraction of sp³-hybridized carbons (Fsp3) is 0.385. The average molecular weight is 278 g/mol. The fourth-order valence-electron chi connectivity index (χ4n) is 1.71. The highest BCUT2D eigenvalue weighted by Crippen LogP contribution is 2.32. The van der Waals surface area contributed by atoms with Crippen LogP contribution in [0.25, 0.3) is 0 Å². The third-order valence-electron chi connectivity index (χ3n) is 2.64. The zero-order chi connectivity index (χ0) is 15.1. The predicted molar refractivity (Wildman–Crippen MR) is 69.3 cm³/mol. The van der Waals surface area contributed by atoms with Crippen molar-refractivity contribution in [3.63, 3.8) is 0 Å². The number of nitro benzene ring substituents is 1. The lowest BCUT2D eigenvalue weighted by Gasteiger charge is -2.10. The summed E-state index contributed by atoms with van der Waals surface area (Å²) in [4.78, 5) is 21.9. The quantitative estimate of drug-likeness (QED) is 0.449. The van der Waals surface area contributed by atoms with Crippen LogP contribution in [0.2, 0.25) is 0 Å². The predicted octanol–water partition coefficient (Wildman–Crippen LogP) is 2.16. The first kappa shape index (κ1) is 15.4. The molecule has 0 bridgehead atoms. The molecule has 0 N–H and O–H groups in total. The van der Waals surface area contributed by atoms with Crippen LogP contribution in [0.15, 0.2) is 18.2 Å². The Bertz CT molecular complexity index is 550. The van der Waals surface area contributed by atoms with Crippen LogP contribution >= 0.6 is 0 Å². The maximum absolute atomic E-state index is 11.4. The molecular formula is C13H14N2O5. The van der Waals surface area contributed by atoms with E-state index in [0.29, 0.717) is 5.75 Å². The summed E-state index contributed by atoms with van der Waals surface area (Å²) in [5, 5.41) is 20.2. The van der Waals surface area contributed by atoms with Crippen molar-refractivity contribution in [1.82, 2.24) is 0 Å². The number of hydrogen-bond donors (Lipinski definition) is 0. The molecule has 0 saturated heterocycles. The highest BCUT2D eigenvalue weighted by Gasteiger charge is 2.25. The van der Waals surface area contributed by atoms with Gasteiger partial charge in [0.25, 0.3) is 5.69 Å². The van der Waals surface area contributed by atoms with Gasteiger partial charge >= 0.3 is 5.97 Å². The summed E-state index contributed by atoms with van der Waals surface area (Å²) >= 11 is 0. The highest BCUT2D eigenvalue weighted by molar-refractivity contribution is 5.71. The normalized spacial score (nSPS) is 11.2. The monoisotopic (exact) mass is 278 g/mol. The van der Waals surface area contributed by atoms with Gasteiger partial charge in [-0.1, -0.05) is 0 Å². The van der Waals surface area contributed by atoms with Gasteiger partial charge in [-0.3, -0.25) is 14.9 Å². The topological polar surface area (TPSA) is 102 Å². The Morgan fingerprint density at radius 3 is 2.75 bits per heavy atom. The molecule has 1 aromatic rings. The van der Waals surface area contributed by atoms with E-state index in [1.807, 2.05) is 6.07 Å². The third-order valence-corrected chi connectivity index (χ3v) is 2.64. The number of esters is 1. The van der Waals surface area contributed by atoms with Gasteiger partial charge in [0.2, 0.25) is 0 Å². The van der Waals surface area contributed by atoms with E-state index in [9.17, 15) is 14.9 Å². The van der Waals surface area contributed by atoms with Crippen LogP contribution in [-0.2, 0) is 9.53 Å². The van der Waals surface area contributed by atoms with Crippen molar-refractivity contribution in [1.29, 1.82) is 5.26 Å². The molecule has 1 rings (SSSR count). The first-order valence-corrected chi connectivity index (χ1v) is 5.91. The van der Waals surface area contributed by atoms with Gasteiger partial charge in [0.05, 0.1) is 43.1 Å². The van der Waals surface area contributed by atoms with E-state index in [0.717, 1.165) is 0 Å². The Labute approximate surface area is 115 Å². The SMILES string of the molecule is CCOC(=O)C[C@@H](C#N)c1ccc(OC)cc1[N+](=O)[O-]. The number of ether oxygens (including phenoxy) is 2. The molecule has 0 fully saturated rings. The maximum atomic E-state index is 11.4. The van der Waals surface area contributed by atoms with Gasteiger partial charge in [0, 0.05) is 5.56 Å². The molecule has 0 aliphatic rings. The lowest BCUT2D eigenvalue weighted by atomic mass is 9.95. The Hall–Kier alpha value is -2.62. The molecule has 1 atom stereocenters. The van der Waals surface area contributed by atoms with Crippen LogP contribution in [0.4, 0.5) is 5.69 Å². The van der Waals surface area contributed by atoms with Crippen molar-refractivity contribution in [3.05, 3.63) is 33.9 Å². The van der Waals surface area contributed by atoms with E-state index >= 15 is 0 Å². The molecular weight excluding hydrogens is 264 g/mol. The van der Waals surface area contributed by atoms with E-state index in [1.54, 1.807) is 6.92 Å². The van der Waals surface area contributed by atoms with Gasteiger partial charge < -0.3 is 9.47 Å². The van der Waals surface area contributed by atoms with Gasteiger partial charge in [-0.2, -0.15) is 5.26 Å². The fourth-order valence-corrected chi connectivity index (χ4v) is 1.71. The molecule has 0 unspecified atom stereocenters. The van der Waals surface area contributed by atoms with Crippen LogP contribution in [0.3, 0.4) is 0 Å². The van der Waals surface area contributed by atoms with Gasteiger partial charge in [-0.15, -0.1) is 0 Å². The second-order valence-electron chi connectivity index (χ2n) is 3.87. The minimum Gasteiger partial charge on any atom is -0.497 e. The standard InChI is InChI=1S/C13H14N2O5/c1-3-20-13(16)6-9(8-14)11-5-4-10(19-2)7-12(11)15(17)18/h4-5,7,9H,3,6H2,1-2H3/t9-/m0/s1. The summed E-state index contributed by atoms with van der Waals surface area (Å²) in [5.74, 6) is -1.18. The summed E-state index contributed by atoms with van der Waals surface area (Å²) in [5.41, 5.74) is -0.0773. The number of nitro groups is 1. The van der Waals surface area contributed by atoms with E-state index in [1.165, 1.54) is 25.3 Å². The number of nitriles is 1. The number of rotatable bonds is 6. The van der Waals surface area contributed by atoms with Crippen molar-refractivity contribution in [2.75, 3.05) is 13.7 Å². The maximum Gasteiger partial charge on any atom is 0.307 e. The number of nitrogens with zero attached hydrogens (tertiary/aromatic N) is 2. The molecule has 0 aromatic heterocycles. The Morgan fingerprint density at radius 2 is 2.25 bits per heavy atom. The van der Waals surface area contributed by atoms with Crippen molar-refractivity contribution < 1.29 is 19.2 Å². The van der Waals surface area contributed by atoms with Gasteiger partial charge in [-0.25, -0.2) is 0 Å². The molecule has 0 spiro atoms. The lowest BCUT2D eigenvalue weighted by molar-refractivity contribution is -0.385. The third kappa shape index (κ3) is 3.68. The van der Waals surface area contributed by atoms with Crippen molar-refractivity contribution in [3.8, 4) is 11.8 Å². The first-order valence-electron chi connectivity index (χ1n) is 5.91. The Kier molecular flexibility index (Phi) is 5.47. The van der Waals surface area contributed by atoms with E-state index < -0.39 is 16.8 Å². The second-order valence-corrected chi connectivity index (χ2v) is 3.87. The van der Waals surface area contributed by atoms with E-state index in [2.05, 4.69) is 0 Å². The molecule has 0 aliphatic heterocycles. The number of carbonyl (C=O) groups is 1. The molecule has 7 heteroatoms. The van der Waals surface area contributed by atoms with E-state index in [4.69, 9.17) is 14.7 Å². The van der Waals surface area contributed by atoms with Gasteiger partial charge in [0.1, 0.15) is 5.75 Å². The summed E-state index contributed by atoms with van der Waals surface area (Å²) < 4.78 is 9.67. The number of hydrogen-bond acceptors (Lipinski definition) is 6. The summed E-state index contributed by atoms with van der Waals surface area (Å²) in [7, 11) is 1.39. The second kappa shape index (κ2) is 7.09. The molecule has 0 radical (unpaired) electrons. The van der Waals surface area contributed by atoms with E-state index in [-0.39, 0.29) is 24.3 Å². The zero-order valence-corrected chi connectivity index (χ0v) is 11.2. The Morgan fingerprint density at radius 1 is 1.55 bits per heavy atom. The first-order chi connectivity index (χ1) is 9.53. The minimum atomic E-state index is -0.930. The molecule has 20 heavy (non-hydrogen) atoms. The molecule has 0 saturated carbocycles. The number of methoxy groups -OCH3 is 1. The molecule has 0 aliphatic carbocycles. The summed E-state index contributed by atoms with van der Waals surface area (Å²) in [6.45, 7) is 1.84. The Balaban J connectivity index is 3.12. The molecule has 1 aromatic carbocycles. The van der Waals surface area contributed by atoms with Crippen LogP contribution < -0.4 is 4.74 Å². The average Bonchev–Trinajstić information content (AvgIpc) is 2.44. The van der Waals surface area contributed by atoms with Gasteiger partial charge in [-0.05, 0) is 19.1 Å².